The molecule has 1 aliphatic heterocycles. The summed E-state index contributed by atoms with van der Waals surface area (Å²) in [6.07, 6.45) is -2.22. The lowest BCUT2D eigenvalue weighted by Crippen LogP contribution is -2.19. The Kier molecular flexibility index (Phi) is 5.36. The zero-order chi connectivity index (χ0) is 18.6. The molecule has 0 spiro atoms. The predicted molar refractivity (Wildman–Crippen MR) is 88.9 cm³/mol. The van der Waals surface area contributed by atoms with E-state index in [0.717, 1.165) is 43.7 Å². The largest absolute Gasteiger partial charge is 0.416 e. The Morgan fingerprint density at radius 1 is 1.12 bits per heavy atom. The van der Waals surface area contributed by atoms with Crippen molar-refractivity contribution in [2.24, 2.45) is 0 Å². The number of aromatic nitrogens is 2. The predicted octanol–water partition coefficient (Wildman–Crippen LogP) is 3.34. The molecule has 26 heavy (non-hydrogen) atoms. The van der Waals surface area contributed by atoms with Gasteiger partial charge in [0.05, 0.1) is 11.7 Å². The molecular weight excluding hydrogens is 349 g/mol. The number of nitrogens with zero attached hydrogens (tertiary/aromatic N) is 2. The van der Waals surface area contributed by atoms with Crippen LogP contribution in [-0.2, 0) is 10.9 Å². The first-order valence-corrected chi connectivity index (χ1v) is 8.09. The normalized spacial score (nSPS) is 17.1. The Labute approximate surface area is 147 Å². The van der Waals surface area contributed by atoms with Crippen LogP contribution in [0.4, 0.5) is 24.8 Å². The minimum absolute atomic E-state index is 0.0976. The molecule has 0 bridgehead atoms. The Balaban J connectivity index is 1.55. The first-order chi connectivity index (χ1) is 12.4. The number of carbonyl (C=O) groups excluding carboxylic acids is 1. The van der Waals surface area contributed by atoms with E-state index in [-0.39, 0.29) is 17.5 Å². The number of rotatable bonds is 5. The molecule has 6 nitrogen and oxygen atoms in total. The lowest BCUT2D eigenvalue weighted by molar-refractivity contribution is -0.137. The van der Waals surface area contributed by atoms with Gasteiger partial charge in [0.25, 0.3) is 5.91 Å². The number of halogens is 3. The number of alkyl halides is 3. The van der Waals surface area contributed by atoms with Crippen molar-refractivity contribution in [3.63, 3.8) is 0 Å². The number of hydrogen-bond acceptors (Lipinski definition) is 5. The second-order valence-electron chi connectivity index (χ2n) is 5.85. The molecule has 0 aliphatic carbocycles. The average molecular weight is 366 g/mol. The van der Waals surface area contributed by atoms with Crippen LogP contribution in [0.15, 0.2) is 36.4 Å². The number of ether oxygens (including phenoxy) is 1. The van der Waals surface area contributed by atoms with Crippen molar-refractivity contribution >= 4 is 17.5 Å². The van der Waals surface area contributed by atoms with Crippen molar-refractivity contribution in [1.82, 2.24) is 10.2 Å². The maximum atomic E-state index is 12.5. The van der Waals surface area contributed by atoms with E-state index in [2.05, 4.69) is 20.8 Å². The van der Waals surface area contributed by atoms with E-state index in [4.69, 9.17) is 4.74 Å². The third-order valence-electron chi connectivity index (χ3n) is 3.92. The summed E-state index contributed by atoms with van der Waals surface area (Å²) in [4.78, 5) is 12.1. The molecule has 1 aromatic carbocycles. The van der Waals surface area contributed by atoms with Crippen LogP contribution in [0, 0.1) is 0 Å². The summed E-state index contributed by atoms with van der Waals surface area (Å²) in [5.41, 5.74) is -0.712. The van der Waals surface area contributed by atoms with Crippen LogP contribution in [0.2, 0.25) is 0 Å². The summed E-state index contributed by atoms with van der Waals surface area (Å²) in [6.45, 7) is 1.40. The number of anilines is 2. The number of hydrogen-bond donors (Lipinski definition) is 2. The third-order valence-corrected chi connectivity index (χ3v) is 3.92. The molecule has 0 radical (unpaired) electrons. The molecule has 2 aromatic rings. The summed E-state index contributed by atoms with van der Waals surface area (Å²) in [5, 5.41) is 13.4. The van der Waals surface area contributed by atoms with Crippen molar-refractivity contribution in [2.45, 2.75) is 25.1 Å². The van der Waals surface area contributed by atoms with Crippen molar-refractivity contribution < 1.29 is 22.7 Å². The van der Waals surface area contributed by atoms with E-state index < -0.39 is 17.6 Å². The molecule has 9 heteroatoms. The monoisotopic (exact) mass is 366 g/mol. The second kappa shape index (κ2) is 7.69. The van der Waals surface area contributed by atoms with Gasteiger partial charge in [-0.3, -0.25) is 4.79 Å². The van der Waals surface area contributed by atoms with Gasteiger partial charge < -0.3 is 15.4 Å². The van der Waals surface area contributed by atoms with Crippen LogP contribution in [0.1, 0.15) is 28.8 Å². The van der Waals surface area contributed by atoms with Gasteiger partial charge >= 0.3 is 6.18 Å². The molecule has 1 unspecified atom stereocenters. The summed E-state index contributed by atoms with van der Waals surface area (Å²) in [7, 11) is 0. The Morgan fingerprint density at radius 2 is 1.81 bits per heavy atom. The highest BCUT2D eigenvalue weighted by atomic mass is 19.4. The molecule has 0 saturated carbocycles. The molecule has 1 aliphatic rings. The van der Waals surface area contributed by atoms with E-state index in [9.17, 15) is 18.0 Å². The minimum Gasteiger partial charge on any atom is -0.376 e. The smallest absolute Gasteiger partial charge is 0.376 e. The van der Waals surface area contributed by atoms with Crippen LogP contribution in [0.25, 0.3) is 0 Å². The molecule has 1 saturated heterocycles. The quantitative estimate of drug-likeness (QED) is 0.849. The first-order valence-electron chi connectivity index (χ1n) is 8.09. The van der Waals surface area contributed by atoms with E-state index in [1.165, 1.54) is 0 Å². The molecule has 2 N–H and O–H groups in total. The van der Waals surface area contributed by atoms with Crippen molar-refractivity contribution in [3.8, 4) is 0 Å². The van der Waals surface area contributed by atoms with Crippen LogP contribution >= 0.6 is 0 Å². The maximum Gasteiger partial charge on any atom is 0.416 e. The number of benzene rings is 1. The van der Waals surface area contributed by atoms with Crippen molar-refractivity contribution in [3.05, 3.63) is 47.5 Å². The number of amides is 1. The fraction of sp³-hybridized carbons (Fsp3) is 0.353. The van der Waals surface area contributed by atoms with Crippen LogP contribution in [0.3, 0.4) is 0 Å². The van der Waals surface area contributed by atoms with Gasteiger partial charge in [-0.15, -0.1) is 10.2 Å². The van der Waals surface area contributed by atoms with Gasteiger partial charge in [-0.1, -0.05) is 0 Å². The van der Waals surface area contributed by atoms with Crippen molar-refractivity contribution in [1.29, 1.82) is 0 Å². The summed E-state index contributed by atoms with van der Waals surface area (Å²) in [5.74, 6) is 0.193. The third kappa shape index (κ3) is 4.69. The molecule has 1 amide bonds. The van der Waals surface area contributed by atoms with Crippen LogP contribution in [-0.4, -0.2) is 35.4 Å². The van der Waals surface area contributed by atoms with Crippen LogP contribution in [0.5, 0.6) is 0 Å². The Hall–Kier alpha value is -2.68. The molecular formula is C17H17F3N4O2. The standard InChI is InChI=1S/C17H17F3N4O2/c18-17(19,20)12-5-3-11(4-6-12)16(25)22-15-8-7-14(23-24-15)21-10-13-2-1-9-26-13/h3-8,13H,1-2,9-10H2,(H,21,23)(H,22,24,25). The fourth-order valence-corrected chi connectivity index (χ4v) is 2.52. The van der Waals surface area contributed by atoms with E-state index in [1.54, 1.807) is 12.1 Å². The second-order valence-corrected chi connectivity index (χ2v) is 5.85. The van der Waals surface area contributed by atoms with Gasteiger partial charge in [-0.2, -0.15) is 13.2 Å². The Bertz CT molecular complexity index is 742. The Morgan fingerprint density at radius 3 is 2.38 bits per heavy atom. The highest BCUT2D eigenvalue weighted by Crippen LogP contribution is 2.29. The highest BCUT2D eigenvalue weighted by molar-refractivity contribution is 6.03. The lowest BCUT2D eigenvalue weighted by atomic mass is 10.1. The summed E-state index contributed by atoms with van der Waals surface area (Å²) >= 11 is 0. The first kappa shape index (κ1) is 18.1. The zero-order valence-electron chi connectivity index (χ0n) is 13.7. The SMILES string of the molecule is O=C(Nc1ccc(NCC2CCCO2)nn1)c1ccc(C(F)(F)F)cc1. The van der Waals surface area contributed by atoms with Gasteiger partial charge in [0.15, 0.2) is 5.82 Å². The minimum atomic E-state index is -4.44. The van der Waals surface area contributed by atoms with Gasteiger partial charge in [0.2, 0.25) is 0 Å². The lowest BCUT2D eigenvalue weighted by Gasteiger charge is -2.11. The van der Waals surface area contributed by atoms with E-state index >= 15 is 0 Å². The molecule has 3 rings (SSSR count). The fourth-order valence-electron chi connectivity index (χ4n) is 2.52. The van der Waals surface area contributed by atoms with Gasteiger partial charge in [-0.25, -0.2) is 0 Å². The molecule has 138 valence electrons. The van der Waals surface area contributed by atoms with Gasteiger partial charge in [-0.05, 0) is 49.2 Å². The van der Waals surface area contributed by atoms with Crippen molar-refractivity contribution in [2.75, 3.05) is 23.8 Å². The number of nitrogens with one attached hydrogen (secondary N) is 2. The van der Waals surface area contributed by atoms with Gasteiger partial charge in [0, 0.05) is 18.7 Å². The maximum absolute atomic E-state index is 12.5. The highest BCUT2D eigenvalue weighted by Gasteiger charge is 2.30. The van der Waals surface area contributed by atoms with E-state index in [0.29, 0.717) is 12.4 Å². The summed E-state index contributed by atoms with van der Waals surface area (Å²) < 4.78 is 43.1. The molecule has 2 heterocycles. The zero-order valence-corrected chi connectivity index (χ0v) is 13.7. The molecule has 1 aromatic heterocycles. The topological polar surface area (TPSA) is 76.1 Å². The van der Waals surface area contributed by atoms with Crippen LogP contribution < -0.4 is 10.6 Å². The van der Waals surface area contributed by atoms with Gasteiger partial charge in [0.1, 0.15) is 5.82 Å². The number of carbonyl (C=O) groups is 1. The molecule has 1 atom stereocenters. The average Bonchev–Trinajstić information content (AvgIpc) is 3.14. The molecule has 1 fully saturated rings. The van der Waals surface area contributed by atoms with E-state index in [1.807, 2.05) is 0 Å². The summed E-state index contributed by atoms with van der Waals surface area (Å²) in [6, 6.07) is 7.17.